The maximum atomic E-state index is 12.7. The summed E-state index contributed by atoms with van der Waals surface area (Å²) in [6.45, 7) is 5.94. The van der Waals surface area contributed by atoms with Crippen molar-refractivity contribution < 1.29 is 14.3 Å². The predicted octanol–water partition coefficient (Wildman–Crippen LogP) is 4.64. The van der Waals surface area contributed by atoms with E-state index in [0.717, 1.165) is 5.56 Å². The molecule has 0 radical (unpaired) electrons. The summed E-state index contributed by atoms with van der Waals surface area (Å²) in [6.07, 6.45) is 0. The minimum atomic E-state index is -0.361. The monoisotopic (exact) mass is 501 g/mol. The largest absolute Gasteiger partial charge is 0.495 e. The lowest BCUT2D eigenvalue weighted by atomic mass is 10.0. The molecule has 0 aliphatic heterocycles. The summed E-state index contributed by atoms with van der Waals surface area (Å²) in [5, 5.41) is 15.6. The second-order valence-electron chi connectivity index (χ2n) is 8.14. The number of anilines is 1. The SMILES string of the molecule is COc1ccc(C)cc1NC(=O)CSc1nnc([C@H](NC(=O)c2ccc(Cl)cc2)C(C)C)n1C. The molecule has 0 aliphatic rings. The van der Waals surface area contributed by atoms with E-state index in [4.69, 9.17) is 16.3 Å². The highest BCUT2D eigenvalue weighted by Crippen LogP contribution is 2.27. The first kappa shape index (κ1) is 25.6. The van der Waals surface area contributed by atoms with E-state index < -0.39 is 0 Å². The number of benzene rings is 2. The lowest BCUT2D eigenvalue weighted by Crippen LogP contribution is -2.33. The van der Waals surface area contributed by atoms with Crippen molar-refractivity contribution in [1.82, 2.24) is 20.1 Å². The molecular weight excluding hydrogens is 474 g/mol. The molecule has 3 aromatic rings. The highest BCUT2D eigenvalue weighted by atomic mass is 35.5. The molecule has 0 saturated heterocycles. The molecule has 1 aromatic heterocycles. The third kappa shape index (κ3) is 6.30. The second-order valence-corrected chi connectivity index (χ2v) is 9.52. The van der Waals surface area contributed by atoms with Crippen LogP contribution in [0.15, 0.2) is 47.6 Å². The van der Waals surface area contributed by atoms with Crippen LogP contribution in [-0.2, 0) is 11.8 Å². The van der Waals surface area contributed by atoms with E-state index >= 15 is 0 Å². The number of carbonyl (C=O) groups is 2. The van der Waals surface area contributed by atoms with Crippen molar-refractivity contribution in [2.75, 3.05) is 18.2 Å². The maximum absolute atomic E-state index is 12.7. The van der Waals surface area contributed by atoms with Crippen LogP contribution in [0.2, 0.25) is 5.02 Å². The van der Waals surface area contributed by atoms with Gasteiger partial charge in [0.15, 0.2) is 11.0 Å². The van der Waals surface area contributed by atoms with E-state index in [2.05, 4.69) is 20.8 Å². The molecule has 8 nitrogen and oxygen atoms in total. The fraction of sp³-hybridized carbons (Fsp3) is 0.333. The molecule has 34 heavy (non-hydrogen) atoms. The van der Waals surface area contributed by atoms with Crippen molar-refractivity contribution in [3.05, 3.63) is 64.4 Å². The first-order chi connectivity index (χ1) is 16.2. The van der Waals surface area contributed by atoms with Crippen LogP contribution in [0.25, 0.3) is 0 Å². The van der Waals surface area contributed by atoms with Crippen LogP contribution < -0.4 is 15.4 Å². The number of halogens is 1. The molecule has 0 aliphatic carbocycles. The van der Waals surface area contributed by atoms with Crippen LogP contribution in [0.3, 0.4) is 0 Å². The molecule has 1 heterocycles. The summed E-state index contributed by atoms with van der Waals surface area (Å²) < 4.78 is 7.12. The zero-order chi connectivity index (χ0) is 24.8. The number of ether oxygens (including phenoxy) is 1. The van der Waals surface area contributed by atoms with Crippen LogP contribution in [0.5, 0.6) is 5.75 Å². The fourth-order valence-electron chi connectivity index (χ4n) is 3.31. The molecule has 3 rings (SSSR count). The minimum Gasteiger partial charge on any atom is -0.495 e. The molecule has 0 saturated carbocycles. The van der Waals surface area contributed by atoms with E-state index in [1.54, 1.807) is 35.9 Å². The Bertz CT molecular complexity index is 1160. The number of carbonyl (C=O) groups excluding carboxylic acids is 2. The van der Waals surface area contributed by atoms with E-state index in [-0.39, 0.29) is 29.5 Å². The number of nitrogens with zero attached hydrogens (tertiary/aromatic N) is 3. The van der Waals surface area contributed by atoms with Crippen molar-refractivity contribution in [3.63, 3.8) is 0 Å². The number of methoxy groups -OCH3 is 1. The summed E-state index contributed by atoms with van der Waals surface area (Å²) >= 11 is 7.19. The minimum absolute atomic E-state index is 0.0640. The number of hydrogen-bond acceptors (Lipinski definition) is 6. The van der Waals surface area contributed by atoms with Gasteiger partial charge in [-0.2, -0.15) is 0 Å². The predicted molar refractivity (Wildman–Crippen MR) is 135 cm³/mol. The second kappa shape index (κ2) is 11.4. The number of aromatic nitrogens is 3. The van der Waals surface area contributed by atoms with Gasteiger partial charge in [-0.15, -0.1) is 10.2 Å². The van der Waals surface area contributed by atoms with E-state index in [9.17, 15) is 9.59 Å². The molecule has 180 valence electrons. The molecular formula is C24H28ClN5O3S. The molecule has 10 heteroatoms. The molecule has 2 aromatic carbocycles. The summed E-state index contributed by atoms with van der Waals surface area (Å²) in [5.41, 5.74) is 2.15. The molecule has 0 fully saturated rings. The van der Waals surface area contributed by atoms with E-state index in [0.29, 0.717) is 33.0 Å². The molecule has 0 unspecified atom stereocenters. The van der Waals surface area contributed by atoms with Gasteiger partial charge in [0.2, 0.25) is 5.91 Å². The third-order valence-electron chi connectivity index (χ3n) is 5.17. The van der Waals surface area contributed by atoms with Crippen molar-refractivity contribution in [2.45, 2.75) is 32.0 Å². The summed E-state index contributed by atoms with van der Waals surface area (Å²) in [6, 6.07) is 11.9. The highest BCUT2D eigenvalue weighted by molar-refractivity contribution is 7.99. The van der Waals surface area contributed by atoms with Gasteiger partial charge < -0.3 is 19.9 Å². The lowest BCUT2D eigenvalue weighted by molar-refractivity contribution is -0.113. The van der Waals surface area contributed by atoms with Crippen LogP contribution in [0.4, 0.5) is 5.69 Å². The van der Waals surface area contributed by atoms with Gasteiger partial charge in [0.1, 0.15) is 5.75 Å². The Hall–Kier alpha value is -3.04. The molecule has 2 N–H and O–H groups in total. The molecule has 2 amide bonds. The van der Waals surface area contributed by atoms with Crippen molar-refractivity contribution >= 4 is 40.9 Å². The molecule has 1 atom stereocenters. The maximum Gasteiger partial charge on any atom is 0.251 e. The molecule has 0 bridgehead atoms. The number of aryl methyl sites for hydroxylation is 1. The van der Waals surface area contributed by atoms with Gasteiger partial charge >= 0.3 is 0 Å². The summed E-state index contributed by atoms with van der Waals surface area (Å²) in [7, 11) is 3.38. The Balaban J connectivity index is 1.67. The Kier molecular flexibility index (Phi) is 8.57. The lowest BCUT2D eigenvalue weighted by Gasteiger charge is -2.21. The number of hydrogen-bond donors (Lipinski definition) is 2. The van der Waals surface area contributed by atoms with E-state index in [1.807, 2.05) is 46.0 Å². The zero-order valence-electron chi connectivity index (χ0n) is 19.8. The standard InChI is InChI=1S/C24H28ClN5O3S/c1-14(2)21(27-23(32)16-7-9-17(25)10-8-16)22-28-29-24(30(22)4)34-13-20(31)26-18-12-15(3)6-11-19(18)33-5/h6-12,14,21H,13H2,1-5H3,(H,26,31)(H,27,32)/t21-/m1/s1. The van der Waals surface area contributed by atoms with E-state index in [1.165, 1.54) is 11.8 Å². The Labute approximate surface area is 208 Å². The number of amides is 2. The van der Waals surface area contributed by atoms with Crippen molar-refractivity contribution in [2.24, 2.45) is 13.0 Å². The highest BCUT2D eigenvalue weighted by Gasteiger charge is 2.25. The number of thioether (sulfide) groups is 1. The normalized spacial score (nSPS) is 11.9. The van der Waals surface area contributed by atoms with Crippen LogP contribution in [-0.4, -0.2) is 39.4 Å². The van der Waals surface area contributed by atoms with Gasteiger partial charge in [0, 0.05) is 17.6 Å². The van der Waals surface area contributed by atoms with Crippen LogP contribution in [0, 0.1) is 12.8 Å². The summed E-state index contributed by atoms with van der Waals surface area (Å²) in [4.78, 5) is 25.3. The van der Waals surface area contributed by atoms with Crippen LogP contribution in [0.1, 0.15) is 41.6 Å². The Morgan fingerprint density at radius 3 is 2.50 bits per heavy atom. The van der Waals surface area contributed by atoms with Crippen molar-refractivity contribution in [3.8, 4) is 5.75 Å². The average molecular weight is 502 g/mol. The first-order valence-electron chi connectivity index (χ1n) is 10.7. The molecule has 0 spiro atoms. The van der Waals surface area contributed by atoms with Gasteiger partial charge in [-0.05, 0) is 54.8 Å². The van der Waals surface area contributed by atoms with Gasteiger partial charge in [0.05, 0.1) is 24.6 Å². The Morgan fingerprint density at radius 2 is 1.85 bits per heavy atom. The number of nitrogens with one attached hydrogen (secondary N) is 2. The summed E-state index contributed by atoms with van der Waals surface area (Å²) in [5.74, 6) is 1.01. The fourth-order valence-corrected chi connectivity index (χ4v) is 4.16. The first-order valence-corrected chi connectivity index (χ1v) is 12.1. The smallest absolute Gasteiger partial charge is 0.251 e. The zero-order valence-corrected chi connectivity index (χ0v) is 21.3. The van der Waals surface area contributed by atoms with Gasteiger partial charge in [-0.25, -0.2) is 0 Å². The number of rotatable bonds is 9. The quantitative estimate of drug-likeness (QED) is 0.414. The third-order valence-corrected chi connectivity index (χ3v) is 6.44. The van der Waals surface area contributed by atoms with Gasteiger partial charge in [-0.1, -0.05) is 43.3 Å². The van der Waals surface area contributed by atoms with Crippen molar-refractivity contribution in [1.29, 1.82) is 0 Å². The average Bonchev–Trinajstić information content (AvgIpc) is 3.16. The van der Waals surface area contributed by atoms with Crippen LogP contribution >= 0.6 is 23.4 Å². The Morgan fingerprint density at radius 1 is 1.15 bits per heavy atom. The van der Waals surface area contributed by atoms with Gasteiger partial charge in [0.25, 0.3) is 5.91 Å². The van der Waals surface area contributed by atoms with Gasteiger partial charge in [-0.3, -0.25) is 9.59 Å². The topological polar surface area (TPSA) is 98.1 Å².